The molecule has 1 aliphatic heterocycles. The van der Waals surface area contributed by atoms with Gasteiger partial charge in [-0.15, -0.1) is 0 Å². The number of carbonyl (C=O) groups excluding carboxylic acids is 2. The zero-order valence-corrected chi connectivity index (χ0v) is 16.0. The highest BCUT2D eigenvalue weighted by Crippen LogP contribution is 2.35. The van der Waals surface area contributed by atoms with Crippen molar-refractivity contribution in [2.24, 2.45) is 0 Å². The summed E-state index contributed by atoms with van der Waals surface area (Å²) in [5.41, 5.74) is -0.930. The van der Waals surface area contributed by atoms with Gasteiger partial charge in [-0.25, -0.2) is 18.1 Å². The first kappa shape index (κ1) is 20.8. The average molecular weight is 439 g/mol. The summed E-state index contributed by atoms with van der Waals surface area (Å²) in [4.78, 5) is 37.1. The smallest absolute Gasteiger partial charge is 0.282 e. The van der Waals surface area contributed by atoms with Crippen molar-refractivity contribution in [1.29, 1.82) is 0 Å². The van der Waals surface area contributed by atoms with Gasteiger partial charge in [-0.1, -0.05) is 0 Å². The molecule has 0 saturated carbocycles. The van der Waals surface area contributed by atoms with Gasteiger partial charge in [0.15, 0.2) is 0 Å². The fourth-order valence-corrected chi connectivity index (χ4v) is 3.22. The van der Waals surface area contributed by atoms with Crippen LogP contribution in [0.4, 0.5) is 30.2 Å². The first-order valence-electron chi connectivity index (χ1n) is 9.12. The van der Waals surface area contributed by atoms with Gasteiger partial charge >= 0.3 is 0 Å². The van der Waals surface area contributed by atoms with Gasteiger partial charge in [0.2, 0.25) is 0 Å². The van der Waals surface area contributed by atoms with Crippen LogP contribution in [0, 0.1) is 27.6 Å². The van der Waals surface area contributed by atoms with E-state index in [-0.39, 0.29) is 28.2 Å². The first-order chi connectivity index (χ1) is 15.3. The Morgan fingerprint density at radius 1 is 0.812 bits per heavy atom. The van der Waals surface area contributed by atoms with Gasteiger partial charge in [0, 0.05) is 23.9 Å². The fourth-order valence-electron chi connectivity index (χ4n) is 3.22. The average Bonchev–Trinajstić information content (AvgIpc) is 3.01. The quantitative estimate of drug-likeness (QED) is 0.361. The van der Waals surface area contributed by atoms with Crippen LogP contribution in [0.2, 0.25) is 0 Å². The molecule has 32 heavy (non-hydrogen) atoms. The molecule has 0 aromatic heterocycles. The third kappa shape index (κ3) is 3.69. The van der Waals surface area contributed by atoms with E-state index in [0.717, 1.165) is 36.4 Å². The summed E-state index contributed by atoms with van der Waals surface area (Å²) in [6.45, 7) is 0. The summed E-state index contributed by atoms with van der Waals surface area (Å²) < 4.78 is 41.3. The molecule has 4 rings (SSSR count). The lowest BCUT2D eigenvalue weighted by Crippen LogP contribution is -2.33. The second-order valence-electron chi connectivity index (χ2n) is 6.73. The van der Waals surface area contributed by atoms with E-state index in [2.05, 4.69) is 5.32 Å². The van der Waals surface area contributed by atoms with Crippen LogP contribution < -0.4 is 10.2 Å². The molecule has 3 aromatic carbocycles. The van der Waals surface area contributed by atoms with Gasteiger partial charge in [0.05, 0.1) is 16.2 Å². The van der Waals surface area contributed by atoms with Gasteiger partial charge in [0.25, 0.3) is 17.5 Å². The van der Waals surface area contributed by atoms with Crippen molar-refractivity contribution >= 4 is 34.4 Å². The van der Waals surface area contributed by atoms with Crippen LogP contribution in [0.15, 0.2) is 72.4 Å². The van der Waals surface area contributed by atoms with Crippen LogP contribution >= 0.6 is 0 Å². The minimum Gasteiger partial charge on any atom is -0.350 e. The van der Waals surface area contributed by atoms with Crippen LogP contribution in [-0.4, -0.2) is 16.7 Å². The van der Waals surface area contributed by atoms with E-state index in [4.69, 9.17) is 0 Å². The Balaban J connectivity index is 1.84. The maximum atomic E-state index is 14.4. The SMILES string of the molecule is O=C1C(Nc2ccc(F)cc2)=C(c2ccc([N+](=O)[O-])cc2)C(=O)N1c1cc(F)ccc1F. The van der Waals surface area contributed by atoms with E-state index in [1.165, 1.54) is 24.3 Å². The Labute approximate surface area is 178 Å². The molecular weight excluding hydrogens is 427 g/mol. The van der Waals surface area contributed by atoms with Crippen LogP contribution in [0.25, 0.3) is 5.57 Å². The molecular formula is C22H12F3N3O4. The number of rotatable bonds is 5. The van der Waals surface area contributed by atoms with Crippen molar-refractivity contribution in [3.05, 3.63) is 106 Å². The number of carbonyl (C=O) groups is 2. The third-order valence-corrected chi connectivity index (χ3v) is 4.71. The second kappa shape index (κ2) is 7.99. The Bertz CT molecular complexity index is 1290. The van der Waals surface area contributed by atoms with Gasteiger partial charge in [-0.05, 0) is 54.1 Å². The van der Waals surface area contributed by atoms with E-state index in [1.807, 2.05) is 0 Å². The summed E-state index contributed by atoms with van der Waals surface area (Å²) in [7, 11) is 0. The normalized spacial score (nSPS) is 13.7. The molecule has 0 fully saturated rings. The van der Waals surface area contributed by atoms with Gasteiger partial charge < -0.3 is 5.32 Å². The van der Waals surface area contributed by atoms with E-state index in [9.17, 15) is 32.9 Å². The highest BCUT2D eigenvalue weighted by atomic mass is 19.1. The highest BCUT2D eigenvalue weighted by molar-refractivity contribution is 6.46. The molecule has 1 aliphatic rings. The standard InChI is InChI=1S/C22H12F3N3O4/c23-13-3-6-15(7-4-13)26-20-19(12-1-8-16(9-2-12)28(31)32)21(29)27(22(20)30)18-11-14(24)5-10-17(18)25/h1-11,26H. The van der Waals surface area contributed by atoms with Crippen LogP contribution in [0.3, 0.4) is 0 Å². The molecule has 1 heterocycles. The molecule has 0 saturated heterocycles. The van der Waals surface area contributed by atoms with Crippen molar-refractivity contribution in [2.75, 3.05) is 10.2 Å². The van der Waals surface area contributed by atoms with Gasteiger partial charge in [0.1, 0.15) is 23.1 Å². The molecule has 2 amide bonds. The molecule has 1 N–H and O–H groups in total. The van der Waals surface area contributed by atoms with E-state index >= 15 is 0 Å². The maximum absolute atomic E-state index is 14.4. The van der Waals surface area contributed by atoms with E-state index in [0.29, 0.717) is 11.0 Å². The van der Waals surface area contributed by atoms with Crippen LogP contribution in [0.5, 0.6) is 0 Å². The topological polar surface area (TPSA) is 92.5 Å². The number of imide groups is 1. The van der Waals surface area contributed by atoms with Crippen LogP contribution in [-0.2, 0) is 9.59 Å². The molecule has 7 nitrogen and oxygen atoms in total. The molecule has 0 spiro atoms. The highest BCUT2D eigenvalue weighted by Gasteiger charge is 2.41. The van der Waals surface area contributed by atoms with Crippen molar-refractivity contribution in [1.82, 2.24) is 0 Å². The molecule has 0 radical (unpaired) electrons. The lowest BCUT2D eigenvalue weighted by molar-refractivity contribution is -0.384. The summed E-state index contributed by atoms with van der Waals surface area (Å²) >= 11 is 0. The molecule has 3 aromatic rings. The third-order valence-electron chi connectivity index (χ3n) is 4.71. The minimum atomic E-state index is -1.00. The number of hydrogen-bond acceptors (Lipinski definition) is 5. The Kier molecular flexibility index (Phi) is 5.19. The number of nitro groups is 1. The van der Waals surface area contributed by atoms with E-state index in [1.54, 1.807) is 0 Å². The monoisotopic (exact) mass is 439 g/mol. The van der Waals surface area contributed by atoms with Gasteiger partial charge in [-0.3, -0.25) is 19.7 Å². The Morgan fingerprint density at radius 3 is 2.06 bits per heavy atom. The summed E-state index contributed by atoms with van der Waals surface area (Å²) in [5, 5.41) is 13.7. The fraction of sp³-hybridized carbons (Fsp3) is 0. The lowest BCUT2D eigenvalue weighted by atomic mass is 10.0. The number of hydrogen-bond donors (Lipinski definition) is 1. The molecule has 0 unspecified atom stereocenters. The molecule has 0 atom stereocenters. The number of benzene rings is 3. The number of nitrogens with zero attached hydrogens (tertiary/aromatic N) is 2. The number of non-ortho nitro benzene ring substituents is 1. The van der Waals surface area contributed by atoms with Crippen molar-refractivity contribution in [2.45, 2.75) is 0 Å². The Morgan fingerprint density at radius 2 is 1.44 bits per heavy atom. The largest absolute Gasteiger partial charge is 0.350 e. The zero-order valence-electron chi connectivity index (χ0n) is 16.0. The first-order valence-corrected chi connectivity index (χ1v) is 9.12. The van der Waals surface area contributed by atoms with Crippen molar-refractivity contribution in [3.63, 3.8) is 0 Å². The Hall–Kier alpha value is -4.47. The minimum absolute atomic E-state index is 0.137. The number of anilines is 2. The van der Waals surface area contributed by atoms with Crippen LogP contribution in [0.1, 0.15) is 5.56 Å². The molecule has 10 heteroatoms. The van der Waals surface area contributed by atoms with Crippen molar-refractivity contribution < 1.29 is 27.7 Å². The molecule has 0 bridgehead atoms. The van der Waals surface area contributed by atoms with Crippen molar-refractivity contribution in [3.8, 4) is 0 Å². The zero-order chi connectivity index (χ0) is 23.0. The number of halogens is 3. The van der Waals surface area contributed by atoms with Gasteiger partial charge in [-0.2, -0.15) is 0 Å². The summed E-state index contributed by atoms with van der Waals surface area (Å²) in [5.74, 6) is -4.33. The number of amides is 2. The lowest BCUT2D eigenvalue weighted by Gasteiger charge is -2.16. The molecule has 160 valence electrons. The van der Waals surface area contributed by atoms with E-state index < -0.39 is 39.9 Å². The summed E-state index contributed by atoms with van der Waals surface area (Å²) in [6.07, 6.45) is 0. The second-order valence-corrected chi connectivity index (χ2v) is 6.73. The predicted molar refractivity (Wildman–Crippen MR) is 109 cm³/mol. The number of nitrogens with one attached hydrogen (secondary N) is 1. The number of nitro benzene ring substituents is 1. The maximum Gasteiger partial charge on any atom is 0.282 e. The predicted octanol–water partition coefficient (Wildman–Crippen LogP) is 4.41. The molecule has 0 aliphatic carbocycles. The summed E-state index contributed by atoms with van der Waals surface area (Å²) in [6, 6.07) is 12.0.